The van der Waals surface area contributed by atoms with Gasteiger partial charge in [-0.2, -0.15) is 0 Å². The molecule has 18 heavy (non-hydrogen) atoms. The minimum atomic E-state index is 0.139. The van der Waals surface area contributed by atoms with E-state index in [1.54, 1.807) is 0 Å². The van der Waals surface area contributed by atoms with Crippen molar-refractivity contribution in [2.45, 2.75) is 51.1 Å². The lowest BCUT2D eigenvalue weighted by atomic mass is 9.91. The van der Waals surface area contributed by atoms with E-state index in [2.05, 4.69) is 29.2 Å². The quantitative estimate of drug-likeness (QED) is 0.863. The molecule has 0 spiro atoms. The van der Waals surface area contributed by atoms with E-state index < -0.39 is 0 Å². The van der Waals surface area contributed by atoms with Crippen LogP contribution in [0.5, 0.6) is 0 Å². The summed E-state index contributed by atoms with van der Waals surface area (Å²) in [6.07, 6.45) is 7.05. The first kappa shape index (κ1) is 12.0. The zero-order valence-corrected chi connectivity index (χ0v) is 11.3. The van der Waals surface area contributed by atoms with Gasteiger partial charge in [0.15, 0.2) is 0 Å². The van der Waals surface area contributed by atoms with Crippen LogP contribution in [0, 0.1) is 5.92 Å². The first-order valence-corrected chi connectivity index (χ1v) is 7.38. The van der Waals surface area contributed by atoms with Crippen molar-refractivity contribution in [2.75, 3.05) is 11.4 Å². The van der Waals surface area contributed by atoms with Gasteiger partial charge in [-0.15, -0.1) is 0 Å². The molecule has 98 valence electrons. The number of fused-ring (bicyclic) bond motifs is 1. The van der Waals surface area contributed by atoms with Crippen LogP contribution in [0.3, 0.4) is 0 Å². The molecule has 0 amide bonds. The van der Waals surface area contributed by atoms with E-state index >= 15 is 0 Å². The topological polar surface area (TPSA) is 29.3 Å². The summed E-state index contributed by atoms with van der Waals surface area (Å²) in [6.45, 7) is 3.28. The second-order valence-corrected chi connectivity index (χ2v) is 5.97. The van der Waals surface area contributed by atoms with Crippen LogP contribution in [0.25, 0.3) is 0 Å². The molecule has 1 aromatic carbocycles. The summed E-state index contributed by atoms with van der Waals surface area (Å²) in [6, 6.07) is 9.86. The molecule has 3 rings (SSSR count). The Morgan fingerprint density at radius 1 is 1.11 bits per heavy atom. The summed E-state index contributed by atoms with van der Waals surface area (Å²) in [7, 11) is 0. The molecule has 2 N–H and O–H groups in total. The lowest BCUT2D eigenvalue weighted by Crippen LogP contribution is -2.42. The monoisotopic (exact) mass is 244 g/mol. The number of anilines is 1. The van der Waals surface area contributed by atoms with Crippen LogP contribution in [0.1, 0.15) is 50.6 Å². The van der Waals surface area contributed by atoms with Gasteiger partial charge in [-0.1, -0.05) is 18.6 Å². The molecule has 3 atom stereocenters. The smallest absolute Gasteiger partial charge is 0.0369 e. The van der Waals surface area contributed by atoms with Gasteiger partial charge in [0, 0.05) is 24.3 Å². The maximum atomic E-state index is 5.91. The minimum absolute atomic E-state index is 0.139. The van der Waals surface area contributed by atoms with Crippen molar-refractivity contribution in [3.63, 3.8) is 0 Å². The lowest BCUT2D eigenvalue weighted by molar-refractivity contribution is 0.362. The summed E-state index contributed by atoms with van der Waals surface area (Å²) in [5, 5.41) is 0. The number of nitrogens with two attached hydrogens (primary N) is 1. The number of piperidine rings is 1. The predicted molar refractivity (Wildman–Crippen MR) is 76.8 cm³/mol. The van der Waals surface area contributed by atoms with Gasteiger partial charge in [-0.05, 0) is 56.2 Å². The summed E-state index contributed by atoms with van der Waals surface area (Å²) in [5.41, 5.74) is 8.55. The molecule has 1 heterocycles. The van der Waals surface area contributed by atoms with Crippen LogP contribution in [0.2, 0.25) is 0 Å². The molecule has 2 aliphatic rings. The number of nitrogens with zero attached hydrogens (tertiary/aromatic N) is 1. The molecule has 1 saturated carbocycles. The Morgan fingerprint density at radius 2 is 1.83 bits per heavy atom. The first-order valence-electron chi connectivity index (χ1n) is 7.38. The molecule has 1 aliphatic carbocycles. The van der Waals surface area contributed by atoms with Gasteiger partial charge in [0.25, 0.3) is 0 Å². The average Bonchev–Trinajstić information content (AvgIpc) is 2.87. The highest BCUT2D eigenvalue weighted by Gasteiger charge is 2.34. The number of benzene rings is 1. The summed E-state index contributed by atoms with van der Waals surface area (Å²) in [5.74, 6) is 0.951. The molecule has 0 aromatic heterocycles. The zero-order chi connectivity index (χ0) is 12.5. The molecular weight excluding hydrogens is 220 g/mol. The van der Waals surface area contributed by atoms with Gasteiger partial charge < -0.3 is 10.6 Å². The van der Waals surface area contributed by atoms with Gasteiger partial charge in [-0.25, -0.2) is 0 Å². The maximum absolute atomic E-state index is 5.91. The van der Waals surface area contributed by atoms with E-state index in [0.717, 1.165) is 12.0 Å². The Kier molecular flexibility index (Phi) is 3.29. The van der Waals surface area contributed by atoms with Crippen molar-refractivity contribution >= 4 is 5.69 Å². The van der Waals surface area contributed by atoms with E-state index in [1.165, 1.54) is 49.9 Å². The van der Waals surface area contributed by atoms with Crippen molar-refractivity contribution < 1.29 is 0 Å². The molecule has 1 aromatic rings. The second kappa shape index (κ2) is 4.93. The number of hydrogen-bond acceptors (Lipinski definition) is 2. The lowest BCUT2D eigenvalue weighted by Gasteiger charge is -2.39. The molecule has 0 bridgehead atoms. The van der Waals surface area contributed by atoms with E-state index in [4.69, 9.17) is 5.73 Å². The van der Waals surface area contributed by atoms with Crippen molar-refractivity contribution in [3.05, 3.63) is 29.8 Å². The predicted octanol–water partition coefficient (Wildman–Crippen LogP) is 3.48. The van der Waals surface area contributed by atoms with Gasteiger partial charge >= 0.3 is 0 Å². The SMILES string of the molecule is C[C@H](N)c1ccc(N2CCCC3CCCC32)cc1. The number of hydrogen-bond donors (Lipinski definition) is 1. The van der Waals surface area contributed by atoms with Crippen LogP contribution in [-0.4, -0.2) is 12.6 Å². The van der Waals surface area contributed by atoms with Gasteiger partial charge in [-0.3, -0.25) is 0 Å². The molecule has 0 radical (unpaired) electrons. The van der Waals surface area contributed by atoms with Crippen molar-refractivity contribution in [3.8, 4) is 0 Å². The van der Waals surface area contributed by atoms with Gasteiger partial charge in [0.2, 0.25) is 0 Å². The molecular formula is C16H24N2. The number of rotatable bonds is 2. The van der Waals surface area contributed by atoms with Crippen LogP contribution < -0.4 is 10.6 Å². The Hall–Kier alpha value is -1.02. The molecule has 2 heteroatoms. The fourth-order valence-electron chi connectivity index (χ4n) is 3.74. The third kappa shape index (κ3) is 2.14. The second-order valence-electron chi connectivity index (χ2n) is 5.97. The molecule has 2 unspecified atom stereocenters. The molecule has 2 nitrogen and oxygen atoms in total. The van der Waals surface area contributed by atoms with Crippen molar-refractivity contribution in [1.29, 1.82) is 0 Å². The standard InChI is InChI=1S/C16H24N2/c1-12(17)13-7-9-15(10-8-13)18-11-3-5-14-4-2-6-16(14)18/h7-10,12,14,16H,2-6,11,17H2,1H3/t12-,14?,16?/m0/s1. The Balaban J connectivity index is 1.80. The van der Waals surface area contributed by atoms with E-state index in [0.29, 0.717) is 0 Å². The Labute approximate surface area is 110 Å². The fourth-order valence-corrected chi connectivity index (χ4v) is 3.74. The van der Waals surface area contributed by atoms with Crippen molar-refractivity contribution in [1.82, 2.24) is 0 Å². The van der Waals surface area contributed by atoms with Crippen LogP contribution >= 0.6 is 0 Å². The average molecular weight is 244 g/mol. The third-order valence-corrected chi connectivity index (χ3v) is 4.74. The van der Waals surface area contributed by atoms with E-state index in [1.807, 2.05) is 6.92 Å². The van der Waals surface area contributed by atoms with Crippen LogP contribution in [0.4, 0.5) is 5.69 Å². The fraction of sp³-hybridized carbons (Fsp3) is 0.625. The van der Waals surface area contributed by atoms with Gasteiger partial charge in [0.1, 0.15) is 0 Å². The Bertz CT molecular complexity index is 396. The highest BCUT2D eigenvalue weighted by molar-refractivity contribution is 5.49. The zero-order valence-electron chi connectivity index (χ0n) is 11.3. The highest BCUT2D eigenvalue weighted by atomic mass is 15.2. The normalized spacial score (nSPS) is 29.1. The largest absolute Gasteiger partial charge is 0.368 e. The van der Waals surface area contributed by atoms with Crippen molar-refractivity contribution in [2.24, 2.45) is 11.7 Å². The highest BCUT2D eigenvalue weighted by Crippen LogP contribution is 2.39. The van der Waals surface area contributed by atoms with Gasteiger partial charge in [0.05, 0.1) is 0 Å². The molecule has 2 fully saturated rings. The first-order chi connectivity index (χ1) is 8.75. The minimum Gasteiger partial charge on any atom is -0.368 e. The van der Waals surface area contributed by atoms with E-state index in [-0.39, 0.29) is 6.04 Å². The summed E-state index contributed by atoms with van der Waals surface area (Å²) >= 11 is 0. The maximum Gasteiger partial charge on any atom is 0.0369 e. The van der Waals surface area contributed by atoms with Crippen LogP contribution in [-0.2, 0) is 0 Å². The third-order valence-electron chi connectivity index (χ3n) is 4.74. The molecule has 1 aliphatic heterocycles. The molecule has 1 saturated heterocycles. The summed E-state index contributed by atoms with van der Waals surface area (Å²) < 4.78 is 0. The van der Waals surface area contributed by atoms with E-state index in [9.17, 15) is 0 Å². The summed E-state index contributed by atoms with van der Waals surface area (Å²) in [4.78, 5) is 2.64. The van der Waals surface area contributed by atoms with Crippen LogP contribution in [0.15, 0.2) is 24.3 Å². The Morgan fingerprint density at radius 3 is 2.56 bits per heavy atom.